The third-order valence-corrected chi connectivity index (χ3v) is 6.49. The van der Waals surface area contributed by atoms with Crippen molar-refractivity contribution in [1.29, 1.82) is 0 Å². The van der Waals surface area contributed by atoms with Crippen molar-refractivity contribution in [3.05, 3.63) is 11.9 Å². The molecule has 4 rings (SSSR count). The highest BCUT2D eigenvalue weighted by molar-refractivity contribution is 7.98. The van der Waals surface area contributed by atoms with Crippen molar-refractivity contribution in [3.8, 4) is 10.6 Å². The monoisotopic (exact) mass is 352 g/mol. The number of nitrogens with zero attached hydrogens (tertiary/aromatic N) is 3. The molecule has 3 heterocycles. The van der Waals surface area contributed by atoms with Gasteiger partial charge in [0.05, 0.1) is 33.4 Å². The van der Waals surface area contributed by atoms with E-state index < -0.39 is 6.41 Å². The summed E-state index contributed by atoms with van der Waals surface area (Å²) >= 11 is 3.36. The fourth-order valence-corrected chi connectivity index (χ4v) is 5.43. The predicted molar refractivity (Wildman–Crippen MR) is 91.7 cm³/mol. The Morgan fingerprint density at radius 1 is 1.39 bits per heavy atom. The molecule has 0 saturated heterocycles. The summed E-state index contributed by atoms with van der Waals surface area (Å²) in [5.41, 5.74) is 2.27. The fourth-order valence-electron chi connectivity index (χ4n) is 3.28. The second-order valence-electron chi connectivity index (χ2n) is 5.91. The molecule has 2 aromatic heterocycles. The fraction of sp³-hybridized carbons (Fsp3) is 0.600. The highest BCUT2D eigenvalue weighted by atomic mass is 32.2. The molecule has 1 aliphatic heterocycles. The largest absolute Gasteiger partial charge is 0.351 e. The van der Waals surface area contributed by atoms with Gasteiger partial charge in [0.15, 0.2) is 5.13 Å². The van der Waals surface area contributed by atoms with Gasteiger partial charge in [-0.1, -0.05) is 30.6 Å². The summed E-state index contributed by atoms with van der Waals surface area (Å²) in [6.45, 7) is 0. The number of thioether (sulfide) groups is 1. The third kappa shape index (κ3) is 2.88. The maximum absolute atomic E-state index is 9.60. The van der Waals surface area contributed by atoms with E-state index in [0.717, 1.165) is 11.4 Å². The number of methoxy groups -OCH3 is 1. The number of hydrogen-bond donors (Lipinski definition) is 2. The first kappa shape index (κ1) is 15.4. The Bertz CT molecular complexity index is 694. The van der Waals surface area contributed by atoms with Crippen LogP contribution in [-0.2, 0) is 10.5 Å². The first-order chi connectivity index (χ1) is 11.3. The topological polar surface area (TPSA) is 72.2 Å². The number of thiazole rings is 1. The quantitative estimate of drug-likeness (QED) is 0.821. The molecule has 0 spiro atoms. The normalized spacial score (nSPS) is 19.2. The van der Waals surface area contributed by atoms with Gasteiger partial charge in [-0.3, -0.25) is 4.68 Å². The average molecular weight is 352 g/mol. The van der Waals surface area contributed by atoms with Gasteiger partial charge in [-0.15, -0.1) is 11.8 Å². The molecule has 1 aliphatic carbocycles. The number of nitrogens with one attached hydrogen (secondary N) is 1. The highest BCUT2D eigenvalue weighted by Gasteiger charge is 2.29. The molecule has 0 amide bonds. The number of fused-ring (bicyclic) bond motifs is 3. The number of aromatic nitrogens is 3. The summed E-state index contributed by atoms with van der Waals surface area (Å²) in [5.74, 6) is 0.847. The molecule has 1 unspecified atom stereocenters. The smallest absolute Gasteiger partial charge is 0.236 e. The van der Waals surface area contributed by atoms with E-state index in [1.807, 2.05) is 6.20 Å². The summed E-state index contributed by atoms with van der Waals surface area (Å²) in [7, 11) is 1.46. The summed E-state index contributed by atoms with van der Waals surface area (Å²) < 4.78 is 7.06. The van der Waals surface area contributed by atoms with Crippen molar-refractivity contribution < 1.29 is 9.84 Å². The van der Waals surface area contributed by atoms with Crippen LogP contribution in [0.4, 0.5) is 5.13 Å². The van der Waals surface area contributed by atoms with Crippen LogP contribution in [0.5, 0.6) is 0 Å². The number of aliphatic hydroxyl groups excluding tert-OH is 1. The van der Waals surface area contributed by atoms with E-state index in [1.165, 1.54) is 54.7 Å². The van der Waals surface area contributed by atoms with E-state index in [2.05, 4.69) is 20.1 Å². The molecule has 1 atom stereocenters. The molecule has 1 saturated carbocycles. The van der Waals surface area contributed by atoms with Crippen molar-refractivity contribution in [1.82, 2.24) is 14.8 Å². The Labute approximate surface area is 143 Å². The number of ether oxygens (including phenoxy) is 1. The van der Waals surface area contributed by atoms with Gasteiger partial charge in [-0.2, -0.15) is 5.10 Å². The standard InChI is InChI=1S/C15H20N4O2S2/c1-21-15(20)18-14-17-10-8-22-11-7-16-19(12(11)13(10)23-14)9-5-3-2-4-6-9/h7,9,15,20H,2-6,8H2,1H3,(H,17,18). The highest BCUT2D eigenvalue weighted by Crippen LogP contribution is 2.47. The lowest BCUT2D eigenvalue weighted by Gasteiger charge is -2.24. The zero-order valence-electron chi connectivity index (χ0n) is 13.0. The van der Waals surface area contributed by atoms with Gasteiger partial charge in [-0.05, 0) is 12.8 Å². The molecule has 2 aliphatic rings. The van der Waals surface area contributed by atoms with Gasteiger partial charge in [-0.25, -0.2) is 4.98 Å². The van der Waals surface area contributed by atoms with Crippen molar-refractivity contribution >= 4 is 28.2 Å². The Kier molecular flexibility index (Phi) is 4.31. The molecule has 2 N–H and O–H groups in total. The minimum absolute atomic E-state index is 0.502. The Morgan fingerprint density at radius 2 is 2.22 bits per heavy atom. The minimum atomic E-state index is -1.03. The van der Waals surface area contributed by atoms with Gasteiger partial charge in [0.2, 0.25) is 6.41 Å². The second-order valence-corrected chi connectivity index (χ2v) is 7.93. The van der Waals surface area contributed by atoms with Gasteiger partial charge >= 0.3 is 0 Å². The van der Waals surface area contributed by atoms with Crippen molar-refractivity contribution in [2.24, 2.45) is 0 Å². The van der Waals surface area contributed by atoms with Crippen molar-refractivity contribution in [2.45, 2.75) is 55.2 Å². The molecule has 6 nitrogen and oxygen atoms in total. The maximum Gasteiger partial charge on any atom is 0.236 e. The lowest BCUT2D eigenvalue weighted by Crippen LogP contribution is -2.20. The number of hydrogen-bond acceptors (Lipinski definition) is 7. The molecule has 124 valence electrons. The minimum Gasteiger partial charge on any atom is -0.351 e. The van der Waals surface area contributed by atoms with Gasteiger partial charge in [0.1, 0.15) is 0 Å². The van der Waals surface area contributed by atoms with Crippen LogP contribution >= 0.6 is 23.1 Å². The lowest BCUT2D eigenvalue weighted by atomic mass is 9.95. The average Bonchev–Trinajstić information content (AvgIpc) is 3.18. The van der Waals surface area contributed by atoms with Gasteiger partial charge in [0.25, 0.3) is 0 Å². The zero-order chi connectivity index (χ0) is 15.8. The number of aliphatic hydroxyl groups is 1. The van der Waals surface area contributed by atoms with Crippen LogP contribution in [0, 0.1) is 0 Å². The van der Waals surface area contributed by atoms with Gasteiger partial charge < -0.3 is 15.2 Å². The molecule has 0 bridgehead atoms. The van der Waals surface area contributed by atoms with E-state index in [4.69, 9.17) is 4.74 Å². The van der Waals surface area contributed by atoms with E-state index in [9.17, 15) is 5.11 Å². The summed E-state index contributed by atoms with van der Waals surface area (Å²) in [6.07, 6.45) is 7.29. The molecule has 0 radical (unpaired) electrons. The van der Waals surface area contributed by atoms with Crippen LogP contribution in [0.25, 0.3) is 10.6 Å². The van der Waals surface area contributed by atoms with E-state index in [-0.39, 0.29) is 0 Å². The van der Waals surface area contributed by atoms with Crippen LogP contribution in [0.1, 0.15) is 43.8 Å². The molecule has 2 aromatic rings. The molecule has 23 heavy (non-hydrogen) atoms. The summed E-state index contributed by atoms with van der Waals surface area (Å²) in [6, 6.07) is 0.502. The molecule has 0 aromatic carbocycles. The summed E-state index contributed by atoms with van der Waals surface area (Å²) in [4.78, 5) is 7.02. The molecule has 1 fully saturated rings. The van der Waals surface area contributed by atoms with Crippen molar-refractivity contribution in [3.63, 3.8) is 0 Å². The third-order valence-electron chi connectivity index (χ3n) is 4.43. The van der Waals surface area contributed by atoms with Crippen LogP contribution < -0.4 is 5.32 Å². The van der Waals surface area contributed by atoms with Crippen LogP contribution in [0.15, 0.2) is 11.1 Å². The Hall–Kier alpha value is -1.09. The van der Waals surface area contributed by atoms with Crippen LogP contribution in [-0.4, -0.2) is 33.4 Å². The van der Waals surface area contributed by atoms with E-state index in [1.54, 1.807) is 23.1 Å². The number of rotatable bonds is 4. The van der Waals surface area contributed by atoms with Crippen molar-refractivity contribution in [2.75, 3.05) is 12.4 Å². The number of anilines is 1. The van der Waals surface area contributed by atoms with Gasteiger partial charge in [0, 0.05) is 12.9 Å². The lowest BCUT2D eigenvalue weighted by molar-refractivity contribution is -0.0509. The van der Waals surface area contributed by atoms with Crippen LogP contribution in [0.2, 0.25) is 0 Å². The Balaban J connectivity index is 1.69. The first-order valence-corrected chi connectivity index (χ1v) is 9.74. The Morgan fingerprint density at radius 3 is 3.00 bits per heavy atom. The molecular formula is C15H20N4O2S2. The van der Waals surface area contributed by atoms with E-state index in [0.29, 0.717) is 11.2 Å². The predicted octanol–water partition coefficient (Wildman–Crippen LogP) is 3.45. The van der Waals surface area contributed by atoms with Crippen LogP contribution in [0.3, 0.4) is 0 Å². The second kappa shape index (κ2) is 6.43. The van der Waals surface area contributed by atoms with E-state index >= 15 is 0 Å². The first-order valence-electron chi connectivity index (χ1n) is 7.94. The molecular weight excluding hydrogens is 332 g/mol. The summed E-state index contributed by atoms with van der Waals surface area (Å²) in [5, 5.41) is 17.8. The molecule has 8 heteroatoms. The maximum atomic E-state index is 9.60. The SMILES string of the molecule is COC(O)Nc1nc2c(s1)-c1c(cnn1C1CCCCC1)SC2. The zero-order valence-corrected chi connectivity index (χ0v) is 14.6.